The van der Waals surface area contributed by atoms with Gasteiger partial charge in [-0.15, -0.1) is 0 Å². The van der Waals surface area contributed by atoms with Crippen LogP contribution in [0.15, 0.2) is 78.3 Å². The molecule has 0 saturated heterocycles. The number of rotatable bonds is 7. The van der Waals surface area contributed by atoms with Gasteiger partial charge in [0.2, 0.25) is 11.8 Å². The lowest BCUT2D eigenvalue weighted by Gasteiger charge is -2.28. The van der Waals surface area contributed by atoms with Gasteiger partial charge < -0.3 is 9.64 Å². The number of benzene rings is 2. The number of methoxy groups -OCH3 is 1. The van der Waals surface area contributed by atoms with Crippen LogP contribution in [0.4, 0.5) is 4.39 Å². The van der Waals surface area contributed by atoms with E-state index in [1.165, 1.54) is 12.1 Å². The van der Waals surface area contributed by atoms with Crippen molar-refractivity contribution in [1.29, 1.82) is 0 Å². The van der Waals surface area contributed by atoms with E-state index in [9.17, 15) is 13.4 Å². The number of carbonyl (C=O) groups is 1. The number of amides is 1. The van der Waals surface area contributed by atoms with E-state index in [1.54, 1.807) is 41.8 Å². The van der Waals surface area contributed by atoms with Crippen LogP contribution in [0.3, 0.4) is 0 Å². The van der Waals surface area contributed by atoms with Crippen molar-refractivity contribution in [2.45, 2.75) is 19.0 Å². The highest BCUT2D eigenvalue weighted by atomic mass is 32.2. The van der Waals surface area contributed by atoms with E-state index in [4.69, 9.17) is 4.74 Å². The Labute approximate surface area is 189 Å². The van der Waals surface area contributed by atoms with Crippen molar-refractivity contribution in [2.75, 3.05) is 12.9 Å². The summed E-state index contributed by atoms with van der Waals surface area (Å²) in [4.78, 5) is 19.1. The Bertz CT molecular complexity index is 1150. The number of nitrogens with zero attached hydrogens (tertiary/aromatic N) is 2. The minimum absolute atomic E-state index is 0.0520. The highest BCUT2D eigenvalue weighted by Gasteiger charge is 2.27. The predicted molar refractivity (Wildman–Crippen MR) is 123 cm³/mol. The number of halogens is 1. The van der Waals surface area contributed by atoms with E-state index >= 15 is 0 Å². The molecule has 0 radical (unpaired) electrons. The Morgan fingerprint density at radius 2 is 1.78 bits per heavy atom. The normalized spacial score (nSPS) is 17.3. The molecule has 2 aromatic carbocycles. The molecule has 0 bridgehead atoms. The number of ether oxygens (including phenoxy) is 1. The molecule has 0 aliphatic carbocycles. The molecule has 0 spiro atoms. The lowest BCUT2D eigenvalue weighted by Crippen LogP contribution is -2.40. The molecule has 0 fully saturated rings. The van der Waals surface area contributed by atoms with E-state index < -0.39 is 10.8 Å². The van der Waals surface area contributed by atoms with Crippen LogP contribution in [0.2, 0.25) is 0 Å². The number of hydrogen-bond acceptors (Lipinski definition) is 4. The topological polar surface area (TPSA) is 59.5 Å². The highest BCUT2D eigenvalue weighted by molar-refractivity contribution is 7.88. The third-order valence-corrected chi connectivity index (χ3v) is 6.49. The summed E-state index contributed by atoms with van der Waals surface area (Å²) in [6.45, 7) is 0.373. The fourth-order valence-electron chi connectivity index (χ4n) is 3.63. The van der Waals surface area contributed by atoms with Gasteiger partial charge in [0.15, 0.2) is 0 Å². The molecular weight excluding hydrogens is 427 g/mol. The van der Waals surface area contributed by atoms with Gasteiger partial charge in [-0.3, -0.25) is 9.00 Å². The summed E-state index contributed by atoms with van der Waals surface area (Å²) in [7, 11) is 0.484. The van der Waals surface area contributed by atoms with Crippen LogP contribution in [0.1, 0.15) is 11.1 Å². The van der Waals surface area contributed by atoms with Crippen LogP contribution in [0.5, 0.6) is 5.88 Å². The Kier molecular flexibility index (Phi) is 6.75. The fraction of sp³-hybridized carbons (Fsp3) is 0.200. The van der Waals surface area contributed by atoms with Crippen LogP contribution < -0.4 is 4.74 Å². The molecule has 4 rings (SSSR count). The number of carbonyl (C=O) groups excluding carboxylic acids is 1. The zero-order valence-corrected chi connectivity index (χ0v) is 18.4. The second-order valence-electron chi connectivity index (χ2n) is 7.55. The second kappa shape index (κ2) is 9.87. The van der Waals surface area contributed by atoms with Crippen molar-refractivity contribution >= 4 is 16.7 Å². The van der Waals surface area contributed by atoms with E-state index in [2.05, 4.69) is 4.98 Å². The Morgan fingerprint density at radius 3 is 2.41 bits per heavy atom. The standard InChI is InChI=1S/C25H23FN2O3S/c1-31-24-14-19(10-12-27-24)16-28(23-11-13-32(30)17-23)25(29)15-18-2-4-20(5-3-18)21-6-8-22(26)9-7-21/h2-14,23H,15-17H2,1H3. The average Bonchev–Trinajstić information content (AvgIpc) is 3.24. The molecule has 1 aliphatic rings. The number of aromatic nitrogens is 1. The SMILES string of the molecule is COc1cc(CN(C(=O)Cc2ccc(-c3ccc(F)cc3)cc2)C2C=CS(=O)C2)ccn1. The van der Waals surface area contributed by atoms with Crippen molar-refractivity contribution in [3.63, 3.8) is 0 Å². The maximum atomic E-state index is 13.3. The maximum Gasteiger partial charge on any atom is 0.227 e. The van der Waals surface area contributed by atoms with Crippen LogP contribution >= 0.6 is 0 Å². The van der Waals surface area contributed by atoms with Gasteiger partial charge in [-0.1, -0.05) is 42.5 Å². The zero-order chi connectivity index (χ0) is 22.5. The first-order valence-corrected chi connectivity index (χ1v) is 11.6. The summed E-state index contributed by atoms with van der Waals surface area (Å²) in [6, 6.07) is 17.4. The highest BCUT2D eigenvalue weighted by Crippen LogP contribution is 2.22. The first-order chi connectivity index (χ1) is 15.5. The zero-order valence-electron chi connectivity index (χ0n) is 17.6. The van der Waals surface area contributed by atoms with E-state index in [1.807, 2.05) is 36.4 Å². The summed E-state index contributed by atoms with van der Waals surface area (Å²) in [5.74, 6) is 0.558. The van der Waals surface area contributed by atoms with Gasteiger partial charge in [-0.25, -0.2) is 9.37 Å². The molecule has 32 heavy (non-hydrogen) atoms. The molecular formula is C25H23FN2O3S. The Morgan fingerprint density at radius 1 is 1.09 bits per heavy atom. The van der Waals surface area contributed by atoms with Gasteiger partial charge in [0, 0.05) is 35.0 Å². The Hall–Kier alpha value is -3.32. The second-order valence-corrected chi connectivity index (χ2v) is 8.92. The minimum Gasteiger partial charge on any atom is -0.481 e. The third kappa shape index (κ3) is 5.29. The van der Waals surface area contributed by atoms with Crippen LogP contribution in [-0.2, 0) is 28.6 Å². The quantitative estimate of drug-likeness (QED) is 0.544. The molecule has 2 heterocycles. The summed E-state index contributed by atoms with van der Waals surface area (Å²) < 4.78 is 30.3. The molecule has 2 unspecified atom stereocenters. The maximum absolute atomic E-state index is 13.3. The van der Waals surface area contributed by atoms with Crippen molar-refractivity contribution in [1.82, 2.24) is 9.88 Å². The number of pyridine rings is 1. The molecule has 164 valence electrons. The van der Waals surface area contributed by atoms with Crippen LogP contribution in [-0.4, -0.2) is 38.9 Å². The first kappa shape index (κ1) is 21.9. The smallest absolute Gasteiger partial charge is 0.227 e. The summed E-state index contributed by atoms with van der Waals surface area (Å²) in [6.07, 6.45) is 3.71. The average molecular weight is 451 g/mol. The molecule has 0 saturated carbocycles. The third-order valence-electron chi connectivity index (χ3n) is 5.36. The van der Waals surface area contributed by atoms with Crippen molar-refractivity contribution in [3.05, 3.63) is 95.3 Å². The molecule has 5 nitrogen and oxygen atoms in total. The van der Waals surface area contributed by atoms with Crippen molar-refractivity contribution in [3.8, 4) is 17.0 Å². The van der Waals surface area contributed by atoms with Crippen molar-refractivity contribution < 1.29 is 18.1 Å². The van der Waals surface area contributed by atoms with Gasteiger partial charge in [-0.2, -0.15) is 0 Å². The van der Waals surface area contributed by atoms with Crippen LogP contribution in [0.25, 0.3) is 11.1 Å². The lowest BCUT2D eigenvalue weighted by molar-refractivity contribution is -0.132. The largest absolute Gasteiger partial charge is 0.481 e. The van der Waals surface area contributed by atoms with E-state index in [0.29, 0.717) is 18.2 Å². The summed E-state index contributed by atoms with van der Waals surface area (Å²) in [5, 5.41) is 1.65. The van der Waals surface area contributed by atoms with E-state index in [0.717, 1.165) is 22.3 Å². The Balaban J connectivity index is 1.51. The molecule has 1 aromatic heterocycles. The van der Waals surface area contributed by atoms with Gasteiger partial charge in [0.25, 0.3) is 0 Å². The fourth-order valence-corrected chi connectivity index (χ4v) is 4.73. The summed E-state index contributed by atoms with van der Waals surface area (Å²) >= 11 is 0. The van der Waals surface area contributed by atoms with Crippen molar-refractivity contribution in [2.24, 2.45) is 0 Å². The minimum atomic E-state index is -1.06. The van der Waals surface area contributed by atoms with Gasteiger partial charge in [-0.05, 0) is 40.5 Å². The van der Waals surface area contributed by atoms with Gasteiger partial charge in [0.05, 0.1) is 25.3 Å². The van der Waals surface area contributed by atoms with Gasteiger partial charge >= 0.3 is 0 Å². The van der Waals surface area contributed by atoms with E-state index in [-0.39, 0.29) is 24.2 Å². The molecule has 3 aromatic rings. The molecule has 0 N–H and O–H groups in total. The molecule has 1 amide bonds. The lowest BCUT2D eigenvalue weighted by atomic mass is 10.0. The summed E-state index contributed by atoms with van der Waals surface area (Å²) in [5.41, 5.74) is 3.64. The molecule has 1 aliphatic heterocycles. The predicted octanol–water partition coefficient (Wildman–Crippen LogP) is 4.11. The first-order valence-electron chi connectivity index (χ1n) is 10.2. The molecule has 7 heteroatoms. The van der Waals surface area contributed by atoms with Gasteiger partial charge in [0.1, 0.15) is 5.82 Å². The van der Waals surface area contributed by atoms with Crippen LogP contribution in [0, 0.1) is 5.82 Å². The molecule has 2 atom stereocenters. The monoisotopic (exact) mass is 450 g/mol. The number of hydrogen-bond donors (Lipinski definition) is 0.